The molecular weight excluding hydrogens is 596 g/mol. The van der Waals surface area contributed by atoms with Crippen molar-refractivity contribution in [2.45, 2.75) is 25.7 Å². The molecule has 11 heteroatoms. The van der Waals surface area contributed by atoms with Crippen molar-refractivity contribution in [2.24, 2.45) is 0 Å². The number of hydrogen-bond donors (Lipinski definition) is 7. The molecule has 0 aliphatic carbocycles. The zero-order chi connectivity index (χ0) is 33.5. The summed E-state index contributed by atoms with van der Waals surface area (Å²) in [7, 11) is 1.00. The molecule has 4 aromatic rings. The number of rotatable bonds is 5. The predicted molar refractivity (Wildman–Crippen MR) is 174 cm³/mol. The van der Waals surface area contributed by atoms with Gasteiger partial charge in [0.1, 0.15) is 11.5 Å². The number of hydrogen-bond acceptors (Lipinski definition) is 7. The van der Waals surface area contributed by atoms with Crippen molar-refractivity contribution in [3.05, 3.63) is 102 Å². The fourth-order valence-electron chi connectivity index (χ4n) is 4.69. The highest BCUT2D eigenvalue weighted by Gasteiger charge is 2.15. The molecule has 2 saturated heterocycles. The van der Waals surface area contributed by atoms with E-state index < -0.39 is 23.5 Å². The van der Waals surface area contributed by atoms with Gasteiger partial charge < -0.3 is 36.4 Å². The lowest BCUT2D eigenvalue weighted by Crippen LogP contribution is -2.12. The van der Waals surface area contributed by atoms with Crippen molar-refractivity contribution in [2.75, 3.05) is 38.6 Å². The summed E-state index contributed by atoms with van der Waals surface area (Å²) in [6.07, 6.45) is 5.56. The van der Waals surface area contributed by atoms with Crippen LogP contribution in [0, 0.1) is 11.6 Å². The number of carboxylic acids is 1. The molecule has 244 valence electrons. The number of aliphatic hydroxyl groups is 1. The number of nitrogens with one attached hydrogen (secondary N) is 3. The summed E-state index contributed by atoms with van der Waals surface area (Å²) in [5.41, 5.74) is 1.59. The van der Waals surface area contributed by atoms with E-state index in [1.807, 2.05) is 0 Å². The van der Waals surface area contributed by atoms with Crippen molar-refractivity contribution in [3.63, 3.8) is 0 Å². The van der Waals surface area contributed by atoms with Crippen LogP contribution in [0.3, 0.4) is 0 Å². The van der Waals surface area contributed by atoms with E-state index in [9.17, 15) is 33.7 Å². The number of carboxylic acid groups (broad SMARTS) is 1. The first kappa shape index (κ1) is 35.6. The molecule has 0 spiro atoms. The lowest BCUT2D eigenvalue weighted by molar-refractivity contribution is 0.0696. The Bertz CT molecular complexity index is 1580. The summed E-state index contributed by atoms with van der Waals surface area (Å²) in [6.45, 7) is 5.00. The summed E-state index contributed by atoms with van der Waals surface area (Å²) >= 11 is 0. The van der Waals surface area contributed by atoms with Crippen LogP contribution in [0.5, 0.6) is 11.5 Å². The van der Waals surface area contributed by atoms with Crippen LogP contribution < -0.4 is 16.0 Å². The molecule has 0 atom stereocenters. The van der Waals surface area contributed by atoms with Gasteiger partial charge in [0, 0.05) is 29.5 Å². The Balaban J connectivity index is 0.000000402. The van der Waals surface area contributed by atoms with Crippen LogP contribution in [0.15, 0.2) is 78.9 Å². The average Bonchev–Trinajstić information content (AvgIpc) is 3.85. The van der Waals surface area contributed by atoms with E-state index in [2.05, 4.69) is 16.0 Å². The number of halogens is 2. The summed E-state index contributed by atoms with van der Waals surface area (Å²) in [5.74, 6) is -4.11. The lowest BCUT2D eigenvalue weighted by atomic mass is 10.0. The van der Waals surface area contributed by atoms with Crippen LogP contribution >= 0.6 is 0 Å². The second kappa shape index (κ2) is 18.2. The molecule has 4 aromatic carbocycles. The van der Waals surface area contributed by atoms with Gasteiger partial charge in [-0.3, -0.25) is 4.79 Å². The van der Waals surface area contributed by atoms with Gasteiger partial charge in [0.2, 0.25) is 0 Å². The summed E-state index contributed by atoms with van der Waals surface area (Å²) in [6, 6.07) is 17.4. The third-order valence-electron chi connectivity index (χ3n) is 7.08. The van der Waals surface area contributed by atoms with Crippen LogP contribution in [0.25, 0.3) is 22.3 Å². The van der Waals surface area contributed by atoms with Crippen LogP contribution in [0.4, 0.5) is 14.5 Å². The van der Waals surface area contributed by atoms with Crippen molar-refractivity contribution in [1.82, 2.24) is 10.6 Å². The van der Waals surface area contributed by atoms with Gasteiger partial charge in [-0.2, -0.15) is 0 Å². The molecule has 2 heterocycles. The number of phenolic OH excluding ortho intramolecular Hbond substituents is 2. The molecule has 9 nitrogen and oxygen atoms in total. The number of carbonyl (C=O) groups is 2. The van der Waals surface area contributed by atoms with Crippen molar-refractivity contribution < 1.29 is 38.8 Å². The Morgan fingerprint density at radius 1 is 0.652 bits per heavy atom. The molecule has 0 saturated carbocycles. The van der Waals surface area contributed by atoms with E-state index in [-0.39, 0.29) is 33.8 Å². The molecule has 0 aromatic heterocycles. The fraction of sp³-hybridized carbons (Fsp3) is 0.257. The van der Waals surface area contributed by atoms with E-state index in [1.165, 1.54) is 106 Å². The van der Waals surface area contributed by atoms with Crippen LogP contribution in [0.2, 0.25) is 0 Å². The molecular formula is C35H39F2N3O6. The fourth-order valence-corrected chi connectivity index (χ4v) is 4.69. The largest absolute Gasteiger partial charge is 0.507 e. The van der Waals surface area contributed by atoms with Crippen molar-refractivity contribution in [3.8, 4) is 33.8 Å². The Morgan fingerprint density at radius 2 is 1.22 bits per heavy atom. The standard InChI is InChI=1S/C26H17F2NO5.2C4H9N.CH4O/c27-21-7-4-15(12-22(21)28)19-11-16(5-8-23(19)30)25(32)29-18-6-9-24(31)20(13-18)14-2-1-3-17(10-14)26(33)34;2*1-2-4-5-3-1;1-2/h1-13,30-31H,(H,29,32)(H,33,34);2*5H,1-4H2;2H,1H3. The number of aromatic carboxylic acids is 1. The topological polar surface area (TPSA) is 151 Å². The maximum atomic E-state index is 13.6. The first-order chi connectivity index (χ1) is 22.2. The molecule has 2 aliphatic heterocycles. The van der Waals surface area contributed by atoms with Crippen LogP contribution in [-0.2, 0) is 0 Å². The third-order valence-corrected chi connectivity index (χ3v) is 7.08. The van der Waals surface area contributed by atoms with Gasteiger partial charge in [-0.05, 0) is 124 Å². The molecule has 7 N–H and O–H groups in total. The van der Waals surface area contributed by atoms with Gasteiger partial charge in [0.25, 0.3) is 5.91 Å². The first-order valence-corrected chi connectivity index (χ1v) is 14.9. The lowest BCUT2D eigenvalue weighted by Gasteiger charge is -2.12. The molecule has 6 rings (SSSR count). The number of aromatic hydroxyl groups is 2. The Kier molecular flexibility index (Phi) is 14.1. The molecule has 0 bridgehead atoms. The van der Waals surface area contributed by atoms with E-state index >= 15 is 0 Å². The van der Waals surface area contributed by atoms with Gasteiger partial charge in [0.05, 0.1) is 5.56 Å². The van der Waals surface area contributed by atoms with Gasteiger partial charge >= 0.3 is 5.97 Å². The Morgan fingerprint density at radius 3 is 1.76 bits per heavy atom. The normalized spacial score (nSPS) is 13.2. The maximum Gasteiger partial charge on any atom is 0.335 e. The van der Waals surface area contributed by atoms with Gasteiger partial charge in [-0.1, -0.05) is 18.2 Å². The average molecular weight is 636 g/mol. The highest BCUT2D eigenvalue weighted by molar-refractivity contribution is 6.05. The zero-order valence-electron chi connectivity index (χ0n) is 25.5. The number of phenols is 2. The second-order valence-corrected chi connectivity index (χ2v) is 10.3. The van der Waals surface area contributed by atoms with E-state index in [0.717, 1.165) is 19.2 Å². The van der Waals surface area contributed by atoms with Crippen molar-refractivity contribution >= 4 is 17.6 Å². The monoisotopic (exact) mass is 635 g/mol. The highest BCUT2D eigenvalue weighted by atomic mass is 19.2. The minimum atomic E-state index is -1.12. The molecule has 1 amide bonds. The number of aliphatic hydroxyl groups excluding tert-OH is 1. The van der Waals surface area contributed by atoms with Gasteiger partial charge in [-0.25, -0.2) is 13.6 Å². The van der Waals surface area contributed by atoms with Crippen LogP contribution in [-0.4, -0.2) is 65.6 Å². The first-order valence-electron chi connectivity index (χ1n) is 14.9. The van der Waals surface area contributed by atoms with Gasteiger partial charge in [-0.15, -0.1) is 0 Å². The molecule has 2 aliphatic rings. The third kappa shape index (κ3) is 10.4. The van der Waals surface area contributed by atoms with Crippen molar-refractivity contribution in [1.29, 1.82) is 0 Å². The predicted octanol–water partition coefficient (Wildman–Crippen LogP) is 6.01. The molecule has 0 radical (unpaired) electrons. The van der Waals surface area contributed by atoms with Gasteiger partial charge in [0.15, 0.2) is 11.6 Å². The SMILES string of the molecule is C1CCNC1.C1CCNC1.CO.O=C(O)c1cccc(-c2cc(NC(=O)c3ccc(O)c(-c4ccc(F)c(F)c4)c3)ccc2O)c1. The number of benzene rings is 4. The number of carbonyl (C=O) groups excluding carboxylic acids is 1. The quantitative estimate of drug-likeness (QED) is 0.132. The highest BCUT2D eigenvalue weighted by Crippen LogP contribution is 2.34. The van der Waals surface area contributed by atoms with Crippen LogP contribution in [0.1, 0.15) is 46.4 Å². The van der Waals surface area contributed by atoms with E-state index in [4.69, 9.17) is 5.11 Å². The van der Waals surface area contributed by atoms with E-state index in [0.29, 0.717) is 16.8 Å². The number of anilines is 1. The molecule has 2 fully saturated rings. The minimum absolute atomic E-state index is 0.0418. The number of amides is 1. The minimum Gasteiger partial charge on any atom is -0.507 e. The second-order valence-electron chi connectivity index (χ2n) is 10.3. The Labute approximate surface area is 266 Å². The zero-order valence-corrected chi connectivity index (χ0v) is 25.5. The summed E-state index contributed by atoms with van der Waals surface area (Å²) in [4.78, 5) is 24.1. The summed E-state index contributed by atoms with van der Waals surface area (Å²) in [5, 5.41) is 45.7. The molecule has 0 unspecified atom stereocenters. The summed E-state index contributed by atoms with van der Waals surface area (Å²) < 4.78 is 26.9. The van der Waals surface area contributed by atoms with E-state index in [1.54, 1.807) is 12.1 Å². The smallest absolute Gasteiger partial charge is 0.335 e. The molecule has 46 heavy (non-hydrogen) atoms. The Hall–Kier alpha value is -4.84. The maximum absolute atomic E-state index is 13.6.